The maximum absolute atomic E-state index is 13.1. The predicted octanol–water partition coefficient (Wildman–Crippen LogP) is 4.44. The third-order valence-electron chi connectivity index (χ3n) is 5.44. The summed E-state index contributed by atoms with van der Waals surface area (Å²) in [5, 5.41) is 16.2. The molecule has 0 saturated carbocycles. The molecule has 0 aromatic heterocycles. The number of rotatable bonds is 9. The number of nitrogens with one attached hydrogen (secondary N) is 2. The highest BCUT2D eigenvalue weighted by Gasteiger charge is 2.33. The van der Waals surface area contributed by atoms with E-state index in [2.05, 4.69) is 10.6 Å². The number of amides is 1. The second kappa shape index (κ2) is 12.8. The normalized spacial score (nSPS) is 19.5. The average molecular weight is 538 g/mol. The lowest BCUT2D eigenvalue weighted by atomic mass is 10.0. The zero-order valence-corrected chi connectivity index (χ0v) is 21.7. The first-order chi connectivity index (χ1) is 16.7. The first-order valence-electron chi connectivity index (χ1n) is 11.9. The van der Waals surface area contributed by atoms with Crippen LogP contribution in [0.3, 0.4) is 0 Å². The van der Waals surface area contributed by atoms with Crippen LogP contribution < -0.4 is 10.6 Å². The van der Waals surface area contributed by atoms with Crippen molar-refractivity contribution in [2.24, 2.45) is 0 Å². The summed E-state index contributed by atoms with van der Waals surface area (Å²) in [7, 11) is 0. The number of esters is 1. The van der Waals surface area contributed by atoms with Gasteiger partial charge in [0, 0.05) is 23.8 Å². The molecule has 12 heteroatoms. The van der Waals surface area contributed by atoms with E-state index >= 15 is 0 Å². The predicted molar refractivity (Wildman–Crippen MR) is 130 cm³/mol. The van der Waals surface area contributed by atoms with Gasteiger partial charge in [-0.25, -0.2) is 9.59 Å². The summed E-state index contributed by atoms with van der Waals surface area (Å²) < 4.78 is 49.9. The smallest absolute Gasteiger partial charge is 0.416 e. The van der Waals surface area contributed by atoms with Crippen molar-refractivity contribution in [3.63, 3.8) is 0 Å². The Balaban J connectivity index is 1.96. The number of likely N-dealkylation sites (tertiary alicyclic amines) is 1. The Hall–Kier alpha value is -2.24. The van der Waals surface area contributed by atoms with Gasteiger partial charge in [0.05, 0.1) is 24.3 Å². The van der Waals surface area contributed by atoms with Gasteiger partial charge in [0.15, 0.2) is 0 Å². The molecular weight excluding hydrogens is 503 g/mol. The maximum atomic E-state index is 13.1. The molecule has 0 aliphatic carbocycles. The highest BCUT2D eigenvalue weighted by atomic mass is 35.5. The lowest BCUT2D eigenvalue weighted by molar-refractivity contribution is -0.144. The molecule has 1 aliphatic rings. The van der Waals surface area contributed by atoms with E-state index in [4.69, 9.17) is 21.1 Å². The van der Waals surface area contributed by atoms with Crippen LogP contribution in [0.5, 0.6) is 0 Å². The Morgan fingerprint density at radius 2 is 1.94 bits per heavy atom. The van der Waals surface area contributed by atoms with Crippen LogP contribution in [0.1, 0.15) is 52.5 Å². The average Bonchev–Trinajstić information content (AvgIpc) is 2.74. The molecule has 0 radical (unpaired) electrons. The van der Waals surface area contributed by atoms with Crippen LogP contribution in [0.15, 0.2) is 18.2 Å². The molecule has 3 unspecified atom stereocenters. The van der Waals surface area contributed by atoms with Gasteiger partial charge >= 0.3 is 18.2 Å². The third-order valence-corrected chi connectivity index (χ3v) is 5.66. The highest BCUT2D eigenvalue weighted by Crippen LogP contribution is 2.33. The molecule has 1 aliphatic heterocycles. The topological polar surface area (TPSA) is 100 Å². The van der Waals surface area contributed by atoms with Gasteiger partial charge in [-0.15, -0.1) is 0 Å². The molecule has 36 heavy (non-hydrogen) atoms. The zero-order valence-electron chi connectivity index (χ0n) is 21.0. The number of nitrogens with zero attached hydrogens (tertiary/aromatic N) is 1. The van der Waals surface area contributed by atoms with E-state index in [0.717, 1.165) is 12.1 Å². The minimum atomic E-state index is -4.58. The number of ether oxygens (including phenoxy) is 2. The number of benzene rings is 1. The van der Waals surface area contributed by atoms with Gasteiger partial charge in [-0.2, -0.15) is 13.2 Å². The lowest BCUT2D eigenvalue weighted by Gasteiger charge is -2.37. The summed E-state index contributed by atoms with van der Waals surface area (Å²) in [6.45, 7) is 8.13. The molecule has 1 amide bonds. The van der Waals surface area contributed by atoms with E-state index in [-0.39, 0.29) is 36.3 Å². The maximum Gasteiger partial charge on any atom is 0.416 e. The van der Waals surface area contributed by atoms with Crippen LogP contribution in [-0.2, 0) is 20.4 Å². The van der Waals surface area contributed by atoms with Crippen molar-refractivity contribution in [2.75, 3.05) is 31.6 Å². The summed E-state index contributed by atoms with van der Waals surface area (Å²) in [6.07, 6.45) is -4.61. The summed E-state index contributed by atoms with van der Waals surface area (Å²) in [5.74, 6) is -0.597. The lowest BCUT2D eigenvalue weighted by Crippen LogP contribution is -2.56. The third kappa shape index (κ3) is 9.67. The van der Waals surface area contributed by atoms with E-state index in [0.29, 0.717) is 25.9 Å². The summed E-state index contributed by atoms with van der Waals surface area (Å²) >= 11 is 5.85. The van der Waals surface area contributed by atoms with Crippen LogP contribution in [0.2, 0.25) is 5.02 Å². The highest BCUT2D eigenvalue weighted by molar-refractivity contribution is 6.31. The van der Waals surface area contributed by atoms with E-state index in [1.807, 2.05) is 0 Å². The Kier molecular flexibility index (Phi) is 10.7. The second-order valence-electron chi connectivity index (χ2n) is 9.66. The number of alkyl halides is 3. The monoisotopic (exact) mass is 537 g/mol. The number of piperidine rings is 1. The second-order valence-corrected chi connectivity index (χ2v) is 10.1. The van der Waals surface area contributed by atoms with Gasteiger partial charge in [-0.1, -0.05) is 11.6 Å². The van der Waals surface area contributed by atoms with Gasteiger partial charge in [0.25, 0.3) is 0 Å². The largest absolute Gasteiger partial charge is 0.464 e. The van der Waals surface area contributed by atoms with Crippen LogP contribution in [-0.4, -0.2) is 72.1 Å². The van der Waals surface area contributed by atoms with Gasteiger partial charge in [0.1, 0.15) is 11.6 Å². The summed E-state index contributed by atoms with van der Waals surface area (Å²) in [4.78, 5) is 26.3. The molecule has 1 saturated heterocycles. The number of carbonyl (C=O) groups excluding carboxylic acids is 2. The zero-order chi connectivity index (χ0) is 27.1. The molecule has 1 aromatic rings. The summed E-state index contributed by atoms with van der Waals surface area (Å²) in [5.41, 5.74) is -1.51. The molecule has 2 rings (SSSR count). The molecule has 1 aromatic carbocycles. The molecule has 3 atom stereocenters. The molecule has 0 bridgehead atoms. The van der Waals surface area contributed by atoms with Gasteiger partial charge < -0.3 is 30.1 Å². The standard InChI is InChI=1S/C24H35ClF3N3O5/c1-5-35-21(33)18(30-17-12-15(24(26,27)28)11-16(25)13-17)7-6-9-29-19-14-31(10-8-20(19)32)22(34)36-23(2,3)4/h11-13,18-20,29-30,32H,5-10,14H2,1-4H3. The first kappa shape index (κ1) is 30.0. The summed E-state index contributed by atoms with van der Waals surface area (Å²) in [6, 6.07) is 1.72. The van der Waals surface area contributed by atoms with Crippen LogP contribution in [0.4, 0.5) is 23.7 Å². The number of hydrogen-bond acceptors (Lipinski definition) is 7. The minimum absolute atomic E-state index is 0.0524. The molecule has 0 spiro atoms. The van der Waals surface area contributed by atoms with Gasteiger partial charge in [0.2, 0.25) is 0 Å². The van der Waals surface area contributed by atoms with Crippen LogP contribution in [0, 0.1) is 0 Å². The van der Waals surface area contributed by atoms with Crippen molar-refractivity contribution in [3.05, 3.63) is 28.8 Å². The van der Waals surface area contributed by atoms with Crippen molar-refractivity contribution in [1.82, 2.24) is 10.2 Å². The number of halogens is 4. The number of carbonyl (C=O) groups is 2. The molecule has 204 valence electrons. The molecule has 1 fully saturated rings. The quantitative estimate of drug-likeness (QED) is 0.316. The fraction of sp³-hybridized carbons (Fsp3) is 0.667. The van der Waals surface area contributed by atoms with Gasteiger partial charge in [-0.3, -0.25) is 0 Å². The molecule has 8 nitrogen and oxygen atoms in total. The number of hydrogen-bond donors (Lipinski definition) is 3. The number of anilines is 1. The Labute approximate surface area is 214 Å². The van der Waals surface area contributed by atoms with Crippen LogP contribution in [0.25, 0.3) is 0 Å². The Morgan fingerprint density at radius 1 is 1.25 bits per heavy atom. The van der Waals surface area contributed by atoms with Crippen molar-refractivity contribution in [1.29, 1.82) is 0 Å². The van der Waals surface area contributed by atoms with E-state index in [1.54, 1.807) is 27.7 Å². The van der Waals surface area contributed by atoms with Crippen molar-refractivity contribution in [3.8, 4) is 0 Å². The van der Waals surface area contributed by atoms with Crippen molar-refractivity contribution in [2.45, 2.75) is 76.9 Å². The van der Waals surface area contributed by atoms with E-state index in [9.17, 15) is 27.9 Å². The SMILES string of the molecule is CCOC(=O)C(CCCNC1CN(C(=O)OC(C)(C)C)CCC1O)Nc1cc(Cl)cc(C(F)(F)F)c1. The fourth-order valence-corrected chi connectivity index (χ4v) is 3.99. The van der Waals surface area contributed by atoms with Gasteiger partial charge in [-0.05, 0) is 71.7 Å². The fourth-order valence-electron chi connectivity index (χ4n) is 3.76. The number of aliphatic hydroxyl groups is 1. The van der Waals surface area contributed by atoms with E-state index < -0.39 is 41.5 Å². The van der Waals surface area contributed by atoms with Crippen molar-refractivity contribution < 1.29 is 37.3 Å². The number of aliphatic hydroxyl groups excluding tert-OH is 1. The molecule has 1 heterocycles. The van der Waals surface area contributed by atoms with Crippen molar-refractivity contribution >= 4 is 29.4 Å². The molecule has 3 N–H and O–H groups in total. The molecular formula is C24H35ClF3N3O5. The van der Waals surface area contributed by atoms with E-state index in [1.165, 1.54) is 11.0 Å². The first-order valence-corrected chi connectivity index (χ1v) is 12.3. The van der Waals surface area contributed by atoms with Crippen LogP contribution >= 0.6 is 11.6 Å². The Bertz CT molecular complexity index is 895. The minimum Gasteiger partial charge on any atom is -0.464 e. The Morgan fingerprint density at radius 3 is 2.56 bits per heavy atom.